The summed E-state index contributed by atoms with van der Waals surface area (Å²) in [4.78, 5) is 11.4. The molecular formula is C22H24N4O. The Morgan fingerprint density at radius 1 is 0.889 bits per heavy atom. The maximum absolute atomic E-state index is 5.42. The van der Waals surface area contributed by atoms with Gasteiger partial charge in [-0.05, 0) is 29.3 Å². The molecule has 1 aromatic heterocycles. The lowest BCUT2D eigenvalue weighted by Crippen LogP contribution is -2.36. The molecular weight excluding hydrogens is 336 g/mol. The van der Waals surface area contributed by atoms with E-state index in [9.17, 15) is 0 Å². The molecule has 0 aliphatic carbocycles. The zero-order valence-electron chi connectivity index (χ0n) is 15.3. The van der Waals surface area contributed by atoms with E-state index in [2.05, 4.69) is 56.6 Å². The van der Waals surface area contributed by atoms with E-state index in [-0.39, 0.29) is 0 Å². The van der Waals surface area contributed by atoms with Crippen molar-refractivity contribution < 1.29 is 4.74 Å². The molecule has 0 unspecified atom stereocenters. The second kappa shape index (κ2) is 8.64. The molecule has 4 rings (SSSR count). The van der Waals surface area contributed by atoms with Crippen LogP contribution < -0.4 is 10.2 Å². The Hall–Kier alpha value is -2.92. The highest BCUT2D eigenvalue weighted by Crippen LogP contribution is 2.17. The Labute approximate surface area is 160 Å². The van der Waals surface area contributed by atoms with E-state index in [1.807, 2.05) is 30.5 Å². The molecule has 27 heavy (non-hydrogen) atoms. The van der Waals surface area contributed by atoms with Crippen molar-refractivity contribution in [2.24, 2.45) is 0 Å². The average molecular weight is 360 g/mol. The molecule has 0 saturated carbocycles. The third-order valence-electron chi connectivity index (χ3n) is 4.70. The first-order valence-corrected chi connectivity index (χ1v) is 9.38. The van der Waals surface area contributed by atoms with Gasteiger partial charge in [0.1, 0.15) is 11.6 Å². The topological polar surface area (TPSA) is 50.3 Å². The zero-order chi connectivity index (χ0) is 18.3. The van der Waals surface area contributed by atoms with E-state index < -0.39 is 0 Å². The van der Waals surface area contributed by atoms with Gasteiger partial charge in [0.15, 0.2) is 0 Å². The number of morpholine rings is 1. The lowest BCUT2D eigenvalue weighted by molar-refractivity contribution is 0.122. The minimum Gasteiger partial charge on any atom is -0.378 e. The number of benzene rings is 2. The number of nitrogens with zero attached hydrogens (tertiary/aromatic N) is 3. The van der Waals surface area contributed by atoms with Crippen LogP contribution in [0.3, 0.4) is 0 Å². The zero-order valence-corrected chi connectivity index (χ0v) is 15.3. The van der Waals surface area contributed by atoms with Crippen molar-refractivity contribution in [2.45, 2.75) is 13.0 Å². The standard InChI is InChI=1S/C22H24N4O/c1-2-4-18(5-3-1)16-22-23-11-10-21(25-22)24-17-19-6-8-20(9-7-19)26-12-14-27-15-13-26/h1-11H,12-17H2,(H,23,24,25). The predicted molar refractivity (Wildman–Crippen MR) is 108 cm³/mol. The molecule has 0 amide bonds. The molecule has 0 radical (unpaired) electrons. The quantitative estimate of drug-likeness (QED) is 0.729. The summed E-state index contributed by atoms with van der Waals surface area (Å²) < 4.78 is 5.42. The average Bonchev–Trinajstić information content (AvgIpc) is 2.74. The van der Waals surface area contributed by atoms with Crippen molar-refractivity contribution >= 4 is 11.5 Å². The maximum atomic E-state index is 5.42. The first kappa shape index (κ1) is 17.5. The monoisotopic (exact) mass is 360 g/mol. The van der Waals surface area contributed by atoms with Crippen molar-refractivity contribution in [3.8, 4) is 0 Å². The molecule has 2 heterocycles. The molecule has 0 atom stereocenters. The fourth-order valence-corrected chi connectivity index (χ4v) is 3.20. The number of rotatable bonds is 6. The van der Waals surface area contributed by atoms with Gasteiger partial charge >= 0.3 is 0 Å². The van der Waals surface area contributed by atoms with Crippen molar-refractivity contribution in [2.75, 3.05) is 36.5 Å². The van der Waals surface area contributed by atoms with Crippen LogP contribution in [0.25, 0.3) is 0 Å². The van der Waals surface area contributed by atoms with Gasteiger partial charge in [0.25, 0.3) is 0 Å². The lowest BCUT2D eigenvalue weighted by Gasteiger charge is -2.28. The van der Waals surface area contributed by atoms with Crippen LogP contribution in [0.2, 0.25) is 0 Å². The first-order valence-electron chi connectivity index (χ1n) is 9.38. The SMILES string of the molecule is c1ccc(Cc2nccc(NCc3ccc(N4CCOCC4)cc3)n2)cc1. The Morgan fingerprint density at radius 2 is 1.67 bits per heavy atom. The highest BCUT2D eigenvalue weighted by molar-refractivity contribution is 5.48. The maximum Gasteiger partial charge on any atom is 0.135 e. The Balaban J connectivity index is 1.35. The van der Waals surface area contributed by atoms with Gasteiger partial charge in [0, 0.05) is 37.9 Å². The Kier molecular flexibility index (Phi) is 5.60. The number of nitrogens with one attached hydrogen (secondary N) is 1. The van der Waals surface area contributed by atoms with E-state index in [4.69, 9.17) is 4.74 Å². The molecule has 2 aromatic carbocycles. The minimum atomic E-state index is 0.741. The van der Waals surface area contributed by atoms with Crippen LogP contribution >= 0.6 is 0 Å². The second-order valence-corrected chi connectivity index (χ2v) is 6.64. The van der Waals surface area contributed by atoms with Crippen LogP contribution in [0.4, 0.5) is 11.5 Å². The largest absolute Gasteiger partial charge is 0.378 e. The van der Waals surface area contributed by atoms with Crippen molar-refractivity contribution in [3.05, 3.63) is 83.8 Å². The van der Waals surface area contributed by atoms with Crippen LogP contribution in [-0.4, -0.2) is 36.3 Å². The van der Waals surface area contributed by atoms with Crippen LogP contribution in [0.1, 0.15) is 17.0 Å². The molecule has 3 aromatic rings. The summed E-state index contributed by atoms with van der Waals surface area (Å²) in [7, 11) is 0. The second-order valence-electron chi connectivity index (χ2n) is 6.64. The Bertz CT molecular complexity index is 846. The van der Waals surface area contributed by atoms with E-state index >= 15 is 0 Å². The van der Waals surface area contributed by atoms with Gasteiger partial charge in [-0.1, -0.05) is 42.5 Å². The molecule has 1 fully saturated rings. The van der Waals surface area contributed by atoms with Gasteiger partial charge in [0.2, 0.25) is 0 Å². The van der Waals surface area contributed by atoms with Crippen molar-refractivity contribution in [1.29, 1.82) is 0 Å². The third kappa shape index (κ3) is 4.83. The molecule has 0 bridgehead atoms. The van der Waals surface area contributed by atoms with Crippen LogP contribution in [0.15, 0.2) is 66.9 Å². The molecule has 1 aliphatic rings. The Morgan fingerprint density at radius 3 is 2.44 bits per heavy atom. The van der Waals surface area contributed by atoms with Gasteiger partial charge in [-0.2, -0.15) is 0 Å². The summed E-state index contributed by atoms with van der Waals surface area (Å²) in [6, 6.07) is 20.9. The summed E-state index contributed by atoms with van der Waals surface area (Å²) >= 11 is 0. The predicted octanol–water partition coefficient (Wildman–Crippen LogP) is 3.52. The molecule has 1 saturated heterocycles. The molecule has 5 heteroatoms. The highest BCUT2D eigenvalue weighted by Gasteiger charge is 2.10. The van der Waals surface area contributed by atoms with E-state index in [0.29, 0.717) is 0 Å². The minimum absolute atomic E-state index is 0.741. The fraction of sp³-hybridized carbons (Fsp3) is 0.273. The summed E-state index contributed by atoms with van der Waals surface area (Å²) in [6.07, 6.45) is 2.56. The smallest absolute Gasteiger partial charge is 0.135 e. The van der Waals surface area contributed by atoms with E-state index in [1.165, 1.54) is 16.8 Å². The molecule has 138 valence electrons. The van der Waals surface area contributed by atoms with Crippen LogP contribution in [0, 0.1) is 0 Å². The molecule has 0 spiro atoms. The third-order valence-corrected chi connectivity index (χ3v) is 4.70. The normalized spacial score (nSPS) is 14.1. The van der Waals surface area contributed by atoms with Crippen LogP contribution in [-0.2, 0) is 17.7 Å². The molecule has 1 aliphatic heterocycles. The number of hydrogen-bond donors (Lipinski definition) is 1. The molecule has 5 nitrogen and oxygen atoms in total. The van der Waals surface area contributed by atoms with E-state index in [1.54, 1.807) is 0 Å². The molecule has 1 N–H and O–H groups in total. The van der Waals surface area contributed by atoms with Crippen molar-refractivity contribution in [3.63, 3.8) is 0 Å². The summed E-state index contributed by atoms with van der Waals surface area (Å²) in [5, 5.41) is 3.40. The summed E-state index contributed by atoms with van der Waals surface area (Å²) in [5.74, 6) is 1.68. The number of hydrogen-bond acceptors (Lipinski definition) is 5. The lowest BCUT2D eigenvalue weighted by atomic mass is 10.1. The number of aromatic nitrogens is 2. The van der Waals surface area contributed by atoms with E-state index in [0.717, 1.165) is 50.9 Å². The van der Waals surface area contributed by atoms with Gasteiger partial charge in [-0.25, -0.2) is 9.97 Å². The number of ether oxygens (including phenoxy) is 1. The van der Waals surface area contributed by atoms with Gasteiger partial charge in [-0.15, -0.1) is 0 Å². The fourth-order valence-electron chi connectivity index (χ4n) is 3.20. The number of anilines is 2. The van der Waals surface area contributed by atoms with Crippen LogP contribution in [0.5, 0.6) is 0 Å². The van der Waals surface area contributed by atoms with Crippen molar-refractivity contribution in [1.82, 2.24) is 9.97 Å². The van der Waals surface area contributed by atoms with Gasteiger partial charge in [-0.3, -0.25) is 0 Å². The summed E-state index contributed by atoms with van der Waals surface area (Å²) in [5.41, 5.74) is 3.71. The first-order chi connectivity index (χ1) is 13.4. The van der Waals surface area contributed by atoms with Gasteiger partial charge in [0.05, 0.1) is 13.2 Å². The summed E-state index contributed by atoms with van der Waals surface area (Å²) in [6.45, 7) is 4.28. The highest BCUT2D eigenvalue weighted by atomic mass is 16.5. The van der Waals surface area contributed by atoms with Gasteiger partial charge < -0.3 is 15.0 Å².